The van der Waals surface area contributed by atoms with Crippen molar-refractivity contribution in [2.24, 2.45) is 5.92 Å². The third-order valence-corrected chi connectivity index (χ3v) is 8.27. The number of rotatable bonds is 10. The summed E-state index contributed by atoms with van der Waals surface area (Å²) in [5.74, 6) is 0.144. The third-order valence-electron chi connectivity index (χ3n) is 5.79. The van der Waals surface area contributed by atoms with Crippen LogP contribution in [0, 0.1) is 5.92 Å². The van der Waals surface area contributed by atoms with E-state index in [1.807, 2.05) is 42.5 Å². The van der Waals surface area contributed by atoms with Crippen LogP contribution in [0.3, 0.4) is 0 Å². The van der Waals surface area contributed by atoms with Gasteiger partial charge in [-0.3, -0.25) is 4.79 Å². The first-order chi connectivity index (χ1) is 16.0. The smallest absolute Gasteiger partial charge is 0.338 e. The van der Waals surface area contributed by atoms with E-state index >= 15 is 0 Å². The molecule has 3 aromatic carbocycles. The van der Waals surface area contributed by atoms with Gasteiger partial charge in [0, 0.05) is 17.4 Å². The molecule has 0 fully saturated rings. The summed E-state index contributed by atoms with van der Waals surface area (Å²) in [7, 11) is 0.333. The van der Waals surface area contributed by atoms with Gasteiger partial charge in [-0.1, -0.05) is 80.9 Å². The SMILES string of the molecule is CCC(C)CCCNC(=O)c1ccc(C(=O)OC)c(P(c2ccccc2)c2ccccc2)c1. The van der Waals surface area contributed by atoms with Gasteiger partial charge in [0.15, 0.2) is 0 Å². The Morgan fingerprint density at radius 3 is 2.09 bits per heavy atom. The molecule has 0 aliphatic carbocycles. The zero-order chi connectivity index (χ0) is 23.6. The van der Waals surface area contributed by atoms with E-state index < -0.39 is 13.9 Å². The van der Waals surface area contributed by atoms with Crippen LogP contribution >= 0.6 is 7.92 Å². The van der Waals surface area contributed by atoms with Crippen molar-refractivity contribution >= 4 is 35.7 Å². The first-order valence-electron chi connectivity index (χ1n) is 11.5. The average molecular weight is 462 g/mol. The van der Waals surface area contributed by atoms with E-state index in [4.69, 9.17) is 4.74 Å². The molecule has 0 aliphatic rings. The van der Waals surface area contributed by atoms with Gasteiger partial charge in [-0.05, 0) is 55.5 Å². The number of esters is 1. The van der Waals surface area contributed by atoms with Crippen LogP contribution in [0.2, 0.25) is 0 Å². The lowest BCUT2D eigenvalue weighted by Crippen LogP contribution is -2.29. The summed E-state index contributed by atoms with van der Waals surface area (Å²) in [6, 6.07) is 25.5. The summed E-state index contributed by atoms with van der Waals surface area (Å²) in [6.07, 6.45) is 3.19. The Morgan fingerprint density at radius 2 is 1.55 bits per heavy atom. The molecule has 3 aromatic rings. The van der Waals surface area contributed by atoms with Crippen LogP contribution in [0.5, 0.6) is 0 Å². The summed E-state index contributed by atoms with van der Waals surface area (Å²) in [5.41, 5.74) is 1.05. The zero-order valence-electron chi connectivity index (χ0n) is 19.6. The van der Waals surface area contributed by atoms with E-state index in [0.29, 0.717) is 23.6 Å². The molecular weight excluding hydrogens is 429 g/mol. The van der Waals surface area contributed by atoms with Crippen molar-refractivity contribution in [3.63, 3.8) is 0 Å². The van der Waals surface area contributed by atoms with Crippen LogP contribution in [0.15, 0.2) is 78.9 Å². The Bertz CT molecular complexity index is 1010. The van der Waals surface area contributed by atoms with Gasteiger partial charge < -0.3 is 10.1 Å². The van der Waals surface area contributed by atoms with Gasteiger partial charge in [0.25, 0.3) is 5.91 Å². The van der Waals surface area contributed by atoms with Gasteiger partial charge in [-0.15, -0.1) is 0 Å². The van der Waals surface area contributed by atoms with Crippen molar-refractivity contribution in [3.8, 4) is 0 Å². The van der Waals surface area contributed by atoms with Crippen LogP contribution in [0.4, 0.5) is 0 Å². The van der Waals surface area contributed by atoms with Crippen LogP contribution in [-0.4, -0.2) is 25.5 Å². The Labute approximate surface area is 198 Å². The topological polar surface area (TPSA) is 55.4 Å². The first-order valence-corrected chi connectivity index (χ1v) is 12.8. The van der Waals surface area contributed by atoms with E-state index in [2.05, 4.69) is 43.4 Å². The summed E-state index contributed by atoms with van der Waals surface area (Å²) in [5, 5.41) is 6.07. The van der Waals surface area contributed by atoms with Crippen molar-refractivity contribution in [1.29, 1.82) is 0 Å². The second-order valence-electron chi connectivity index (χ2n) is 8.14. The van der Waals surface area contributed by atoms with E-state index in [9.17, 15) is 9.59 Å². The molecule has 0 bridgehead atoms. The van der Waals surface area contributed by atoms with E-state index in [-0.39, 0.29) is 5.91 Å². The van der Waals surface area contributed by atoms with Crippen LogP contribution in [0.25, 0.3) is 0 Å². The molecule has 1 N–H and O–H groups in total. The standard InChI is InChI=1S/C28H32NO3P/c1-4-21(2)12-11-19-29-27(30)22-17-18-25(28(31)32-3)26(20-22)33(23-13-7-5-8-14-23)24-15-9-6-10-16-24/h5-10,13-18,20-21H,4,11-12,19H2,1-3H3,(H,29,30). The van der Waals surface area contributed by atoms with Crippen LogP contribution < -0.4 is 21.2 Å². The van der Waals surface area contributed by atoms with Gasteiger partial charge in [0.2, 0.25) is 0 Å². The molecule has 0 saturated heterocycles. The van der Waals surface area contributed by atoms with Crippen molar-refractivity contribution in [1.82, 2.24) is 5.32 Å². The molecule has 0 spiro atoms. The van der Waals surface area contributed by atoms with Crippen molar-refractivity contribution in [3.05, 3.63) is 90.0 Å². The Kier molecular flexibility index (Phi) is 9.21. The number of methoxy groups -OCH3 is 1. The molecule has 1 unspecified atom stereocenters. The lowest BCUT2D eigenvalue weighted by Gasteiger charge is -2.22. The second kappa shape index (κ2) is 12.3. The van der Waals surface area contributed by atoms with E-state index in [1.165, 1.54) is 7.11 Å². The monoisotopic (exact) mass is 461 g/mol. The molecule has 33 heavy (non-hydrogen) atoms. The summed E-state index contributed by atoms with van der Waals surface area (Å²) < 4.78 is 5.08. The lowest BCUT2D eigenvalue weighted by molar-refractivity contribution is 0.0602. The number of ether oxygens (including phenoxy) is 1. The van der Waals surface area contributed by atoms with Crippen molar-refractivity contribution < 1.29 is 14.3 Å². The van der Waals surface area contributed by atoms with Gasteiger partial charge >= 0.3 is 5.97 Å². The maximum absolute atomic E-state index is 12.9. The summed E-state index contributed by atoms with van der Waals surface area (Å²) in [6.45, 7) is 5.06. The molecule has 0 aromatic heterocycles. The molecule has 0 radical (unpaired) electrons. The highest BCUT2D eigenvalue weighted by Gasteiger charge is 2.24. The molecule has 1 atom stereocenters. The number of amides is 1. The molecule has 1 amide bonds. The quantitative estimate of drug-likeness (QED) is 0.268. The number of hydrogen-bond donors (Lipinski definition) is 1. The molecule has 4 nitrogen and oxygen atoms in total. The van der Waals surface area contributed by atoms with Crippen LogP contribution in [0.1, 0.15) is 53.8 Å². The summed E-state index contributed by atoms with van der Waals surface area (Å²) >= 11 is 0. The predicted molar refractivity (Wildman–Crippen MR) is 138 cm³/mol. The minimum absolute atomic E-state index is 0.118. The van der Waals surface area contributed by atoms with Gasteiger partial charge in [0.1, 0.15) is 0 Å². The average Bonchev–Trinajstić information content (AvgIpc) is 2.87. The normalized spacial score (nSPS) is 11.8. The minimum atomic E-state index is -1.05. The predicted octanol–water partition coefficient (Wildman–Crippen LogP) is 4.79. The van der Waals surface area contributed by atoms with Gasteiger partial charge in [0.05, 0.1) is 12.7 Å². The number of hydrogen-bond acceptors (Lipinski definition) is 3. The van der Waals surface area contributed by atoms with Crippen LogP contribution in [-0.2, 0) is 4.74 Å². The maximum atomic E-state index is 12.9. The third kappa shape index (κ3) is 6.52. The van der Waals surface area contributed by atoms with Gasteiger partial charge in [-0.25, -0.2) is 4.79 Å². The molecule has 172 valence electrons. The fourth-order valence-corrected chi connectivity index (χ4v) is 6.15. The Balaban J connectivity index is 1.98. The molecule has 0 aliphatic heterocycles. The van der Waals surface area contributed by atoms with Crippen molar-refractivity contribution in [2.45, 2.75) is 33.1 Å². The fraction of sp³-hybridized carbons (Fsp3) is 0.286. The molecule has 0 heterocycles. The largest absolute Gasteiger partial charge is 0.465 e. The van der Waals surface area contributed by atoms with E-state index in [0.717, 1.165) is 35.2 Å². The number of carbonyl (C=O) groups is 2. The number of nitrogens with one attached hydrogen (secondary N) is 1. The number of carbonyl (C=O) groups excluding carboxylic acids is 2. The second-order valence-corrected chi connectivity index (χ2v) is 10.3. The summed E-state index contributed by atoms with van der Waals surface area (Å²) in [4.78, 5) is 25.6. The van der Waals surface area contributed by atoms with Crippen molar-refractivity contribution in [2.75, 3.05) is 13.7 Å². The minimum Gasteiger partial charge on any atom is -0.465 e. The Hall–Kier alpha value is -2.97. The van der Waals surface area contributed by atoms with E-state index in [1.54, 1.807) is 12.1 Å². The number of benzene rings is 3. The van der Waals surface area contributed by atoms with Gasteiger partial charge in [-0.2, -0.15) is 0 Å². The Morgan fingerprint density at radius 1 is 0.939 bits per heavy atom. The lowest BCUT2D eigenvalue weighted by atomic mass is 10.0. The zero-order valence-corrected chi connectivity index (χ0v) is 20.5. The highest BCUT2D eigenvalue weighted by Crippen LogP contribution is 2.34. The highest BCUT2D eigenvalue weighted by atomic mass is 31.1. The first kappa shape index (κ1) is 24.7. The fourth-order valence-electron chi connectivity index (χ4n) is 3.68. The highest BCUT2D eigenvalue weighted by molar-refractivity contribution is 7.80. The maximum Gasteiger partial charge on any atom is 0.338 e. The molecule has 0 saturated carbocycles. The molecule has 3 rings (SSSR count). The molecule has 5 heteroatoms. The molecular formula is C28H32NO3P.